The number of hydrogen-bond acceptors (Lipinski definition) is 3. The topological polar surface area (TPSA) is 59.1 Å². The fraction of sp³-hybridized carbons (Fsp3) is 0.0833. The summed E-state index contributed by atoms with van der Waals surface area (Å²) in [6.45, 7) is 2.08. The van der Waals surface area contributed by atoms with Gasteiger partial charge in [-0.3, -0.25) is 4.98 Å². The highest BCUT2D eigenvalue weighted by Gasteiger charge is 1.72. The molecule has 0 radical (unpaired) electrons. The molecule has 2 rings (SSSR count). The minimum Gasteiger partial charge on any atom is -0.320 e. The van der Waals surface area contributed by atoms with E-state index in [1.54, 1.807) is 12.4 Å². The quantitative estimate of drug-likeness (QED) is 0.697. The molecule has 1 aromatic carbocycles. The minimum atomic E-state index is 0. The third kappa shape index (κ3) is 10.7. The van der Waals surface area contributed by atoms with Gasteiger partial charge in [0.05, 0.1) is 0 Å². The fourth-order valence-electron chi connectivity index (χ4n) is 0.847. The van der Waals surface area contributed by atoms with Gasteiger partial charge in [0.15, 0.2) is 0 Å². The summed E-state index contributed by atoms with van der Waals surface area (Å²) < 4.78 is 0. The Hall–Kier alpha value is -1.42. The van der Waals surface area contributed by atoms with Gasteiger partial charge in [0.25, 0.3) is 0 Å². The van der Waals surface area contributed by atoms with Gasteiger partial charge in [-0.2, -0.15) is 0 Å². The van der Waals surface area contributed by atoms with Gasteiger partial charge >= 0.3 is 0 Å². The average Bonchev–Trinajstić information content (AvgIpc) is 2.36. The highest BCUT2D eigenvalue weighted by Crippen LogP contribution is 1.92. The lowest BCUT2D eigenvalue weighted by molar-refractivity contribution is 0.311. The number of nitrogens with zero attached hydrogens (tertiary/aromatic N) is 1. The van der Waals surface area contributed by atoms with Gasteiger partial charge < -0.3 is 5.21 Å². The molecule has 1 aromatic heterocycles. The predicted molar refractivity (Wildman–Crippen MR) is 68.6 cm³/mol. The number of halogens is 1. The third-order valence-electron chi connectivity index (χ3n) is 1.51. The van der Waals surface area contributed by atoms with Crippen molar-refractivity contribution in [3.8, 4) is 0 Å². The number of benzene rings is 1. The third-order valence-corrected chi connectivity index (χ3v) is 1.51. The maximum atomic E-state index is 6.50. The molecule has 2 aromatic rings. The summed E-state index contributed by atoms with van der Waals surface area (Å²) in [6.07, 6.45) is 3.50. The van der Waals surface area contributed by atoms with E-state index in [4.69, 9.17) is 5.21 Å². The number of aromatic nitrogens is 1. The van der Waals surface area contributed by atoms with Crippen molar-refractivity contribution in [2.45, 2.75) is 6.92 Å². The Balaban J connectivity index is 0. The molecule has 3 N–H and O–H groups in total. The largest absolute Gasteiger partial charge is 0.320 e. The molecule has 0 saturated carbocycles. The molecule has 0 aliphatic carbocycles. The lowest BCUT2D eigenvalue weighted by Crippen LogP contribution is -1.72. The molecule has 0 unspecified atom stereocenters. The SMILES string of the molecule is Cc1ccccc1.Cl.NO.c1ccncc1. The lowest BCUT2D eigenvalue weighted by atomic mass is 10.2. The first-order valence-corrected chi connectivity index (χ1v) is 4.52. The van der Waals surface area contributed by atoms with Crippen LogP contribution in [0.15, 0.2) is 60.9 Å². The van der Waals surface area contributed by atoms with E-state index in [-0.39, 0.29) is 12.4 Å². The molecular formula is C12H17ClN2O. The standard InChI is InChI=1S/C7H8.C5H5N.ClH.H3NO/c1-7-5-3-2-4-6-7;1-2-4-6-5-3-1;;1-2/h2-6H,1H3;1-5H;1H;2H,1H2. The monoisotopic (exact) mass is 240 g/mol. The fourth-order valence-corrected chi connectivity index (χ4v) is 0.847. The van der Waals surface area contributed by atoms with Crippen LogP contribution in [0.4, 0.5) is 0 Å². The van der Waals surface area contributed by atoms with Crippen LogP contribution < -0.4 is 5.90 Å². The number of pyridine rings is 1. The molecule has 0 fully saturated rings. The Morgan fingerprint density at radius 3 is 1.50 bits per heavy atom. The van der Waals surface area contributed by atoms with Crippen molar-refractivity contribution >= 4 is 12.4 Å². The minimum absolute atomic E-state index is 0. The van der Waals surface area contributed by atoms with Gasteiger partial charge in [-0.1, -0.05) is 42.0 Å². The van der Waals surface area contributed by atoms with E-state index in [2.05, 4.69) is 29.9 Å². The molecule has 16 heavy (non-hydrogen) atoms. The predicted octanol–water partition coefficient (Wildman–Crippen LogP) is 2.83. The van der Waals surface area contributed by atoms with Gasteiger partial charge in [0.2, 0.25) is 0 Å². The zero-order chi connectivity index (χ0) is 11.4. The second-order valence-corrected chi connectivity index (χ2v) is 2.68. The molecule has 1 heterocycles. The lowest BCUT2D eigenvalue weighted by Gasteiger charge is -1.82. The summed E-state index contributed by atoms with van der Waals surface area (Å²) in [6, 6.07) is 16.0. The molecule has 0 bridgehead atoms. The molecular weight excluding hydrogens is 224 g/mol. The van der Waals surface area contributed by atoms with Crippen molar-refractivity contribution in [3.05, 3.63) is 66.5 Å². The summed E-state index contributed by atoms with van der Waals surface area (Å²) in [7, 11) is 0. The van der Waals surface area contributed by atoms with E-state index >= 15 is 0 Å². The zero-order valence-corrected chi connectivity index (χ0v) is 9.97. The molecule has 3 nitrogen and oxygen atoms in total. The number of nitrogens with two attached hydrogens (primary N) is 1. The normalized spacial score (nSPS) is 7.19. The molecule has 0 spiro atoms. The molecule has 0 atom stereocenters. The van der Waals surface area contributed by atoms with Crippen LogP contribution >= 0.6 is 12.4 Å². The van der Waals surface area contributed by atoms with Crippen LogP contribution in [0.1, 0.15) is 5.56 Å². The Morgan fingerprint density at radius 2 is 1.31 bits per heavy atom. The molecule has 0 saturated heterocycles. The van der Waals surface area contributed by atoms with Gasteiger partial charge in [0.1, 0.15) is 0 Å². The number of hydrogen-bond donors (Lipinski definition) is 2. The average molecular weight is 241 g/mol. The van der Waals surface area contributed by atoms with Crippen LogP contribution in [0.5, 0.6) is 0 Å². The van der Waals surface area contributed by atoms with Gasteiger partial charge in [0, 0.05) is 12.4 Å². The molecule has 0 amide bonds. The van der Waals surface area contributed by atoms with Crippen LogP contribution in [0.25, 0.3) is 0 Å². The molecule has 0 aliphatic heterocycles. The zero-order valence-electron chi connectivity index (χ0n) is 9.15. The van der Waals surface area contributed by atoms with Crippen molar-refractivity contribution in [2.24, 2.45) is 5.90 Å². The van der Waals surface area contributed by atoms with Crippen molar-refractivity contribution < 1.29 is 5.21 Å². The first-order valence-electron chi connectivity index (χ1n) is 4.52. The van der Waals surface area contributed by atoms with Crippen molar-refractivity contribution in [3.63, 3.8) is 0 Å². The Kier molecular flexibility index (Phi) is 14.4. The molecule has 88 valence electrons. The van der Waals surface area contributed by atoms with E-state index in [0.717, 1.165) is 0 Å². The van der Waals surface area contributed by atoms with E-state index < -0.39 is 0 Å². The highest BCUT2D eigenvalue weighted by atomic mass is 35.5. The van der Waals surface area contributed by atoms with Crippen LogP contribution in [0.3, 0.4) is 0 Å². The van der Waals surface area contributed by atoms with Crippen LogP contribution in [-0.4, -0.2) is 10.2 Å². The summed E-state index contributed by atoms with van der Waals surface area (Å²) in [4.78, 5) is 3.78. The summed E-state index contributed by atoms with van der Waals surface area (Å²) in [5.74, 6) is 3.50. The Bertz CT molecular complexity index is 290. The molecule has 4 heteroatoms. The molecule has 0 aliphatic rings. The van der Waals surface area contributed by atoms with Crippen LogP contribution in [0, 0.1) is 6.92 Å². The Labute approximate surface area is 102 Å². The summed E-state index contributed by atoms with van der Waals surface area (Å²) >= 11 is 0. The van der Waals surface area contributed by atoms with E-state index in [1.807, 2.05) is 36.4 Å². The van der Waals surface area contributed by atoms with E-state index in [1.165, 1.54) is 5.56 Å². The van der Waals surface area contributed by atoms with E-state index in [0.29, 0.717) is 0 Å². The van der Waals surface area contributed by atoms with Crippen molar-refractivity contribution in [1.29, 1.82) is 0 Å². The first kappa shape index (κ1) is 17.0. The maximum Gasteiger partial charge on any atom is 0.0267 e. The summed E-state index contributed by atoms with van der Waals surface area (Å²) in [5.41, 5.74) is 1.32. The summed E-state index contributed by atoms with van der Waals surface area (Å²) in [5, 5.41) is 6.50. The van der Waals surface area contributed by atoms with Crippen molar-refractivity contribution in [1.82, 2.24) is 4.98 Å². The van der Waals surface area contributed by atoms with Gasteiger partial charge in [-0.05, 0) is 19.1 Å². The smallest absolute Gasteiger partial charge is 0.0267 e. The van der Waals surface area contributed by atoms with Gasteiger partial charge in [-0.15, -0.1) is 12.4 Å². The second kappa shape index (κ2) is 13.6. The van der Waals surface area contributed by atoms with Gasteiger partial charge in [-0.25, -0.2) is 5.90 Å². The second-order valence-electron chi connectivity index (χ2n) is 2.68. The van der Waals surface area contributed by atoms with Crippen LogP contribution in [-0.2, 0) is 0 Å². The van der Waals surface area contributed by atoms with E-state index in [9.17, 15) is 0 Å². The highest BCUT2D eigenvalue weighted by molar-refractivity contribution is 5.85. The number of aryl methyl sites for hydroxylation is 1. The maximum absolute atomic E-state index is 6.50. The van der Waals surface area contributed by atoms with Crippen molar-refractivity contribution in [2.75, 3.05) is 0 Å². The van der Waals surface area contributed by atoms with Crippen LogP contribution in [0.2, 0.25) is 0 Å². The first-order chi connectivity index (χ1) is 7.39. The number of rotatable bonds is 0. The Morgan fingerprint density at radius 1 is 0.875 bits per heavy atom.